The highest BCUT2D eigenvalue weighted by Gasteiger charge is 2.01. The molecule has 0 unspecified atom stereocenters. The van der Waals surface area contributed by atoms with E-state index >= 15 is 0 Å². The van der Waals surface area contributed by atoms with E-state index in [2.05, 4.69) is 4.99 Å². The number of benzene rings is 2. The van der Waals surface area contributed by atoms with Gasteiger partial charge in [-0.3, -0.25) is 0 Å². The summed E-state index contributed by atoms with van der Waals surface area (Å²) in [6.45, 7) is 2.03. The van der Waals surface area contributed by atoms with E-state index in [0.717, 1.165) is 16.8 Å². The zero-order valence-electron chi connectivity index (χ0n) is 9.22. The van der Waals surface area contributed by atoms with Crippen molar-refractivity contribution >= 4 is 11.5 Å². The van der Waals surface area contributed by atoms with Crippen molar-refractivity contribution in [3.63, 3.8) is 0 Å². The summed E-state index contributed by atoms with van der Waals surface area (Å²) in [7, 11) is 0. The summed E-state index contributed by atoms with van der Waals surface area (Å²) in [5, 5.41) is 0. The molecule has 2 aromatic rings. The maximum Gasteiger partial charge on any atom is 0.131 e. The zero-order valence-corrected chi connectivity index (χ0v) is 9.22. The Morgan fingerprint density at radius 1 is 0.938 bits per heavy atom. The lowest BCUT2D eigenvalue weighted by Gasteiger charge is -2.04. The average molecular weight is 210 g/mol. The van der Waals surface area contributed by atoms with Gasteiger partial charge in [-0.15, -0.1) is 0 Å². The molecule has 0 saturated heterocycles. The fraction of sp³-hybridized carbons (Fsp3) is 0.0714. The van der Waals surface area contributed by atoms with Crippen LogP contribution in [0.2, 0.25) is 0 Å². The van der Waals surface area contributed by atoms with Crippen molar-refractivity contribution in [2.45, 2.75) is 6.92 Å². The van der Waals surface area contributed by atoms with Gasteiger partial charge in [0.25, 0.3) is 0 Å². The van der Waals surface area contributed by atoms with E-state index in [1.165, 1.54) is 0 Å². The van der Waals surface area contributed by atoms with Crippen molar-refractivity contribution in [2.75, 3.05) is 0 Å². The van der Waals surface area contributed by atoms with Gasteiger partial charge in [-0.25, -0.2) is 4.99 Å². The molecule has 2 N–H and O–H groups in total. The van der Waals surface area contributed by atoms with Crippen LogP contribution in [0.15, 0.2) is 59.6 Å². The van der Waals surface area contributed by atoms with E-state index in [-0.39, 0.29) is 0 Å². The molecule has 2 heteroatoms. The minimum Gasteiger partial charge on any atom is -0.383 e. The molecule has 0 aliphatic heterocycles. The van der Waals surface area contributed by atoms with Crippen molar-refractivity contribution in [2.24, 2.45) is 10.7 Å². The van der Waals surface area contributed by atoms with E-state index in [9.17, 15) is 0 Å². The molecule has 0 aliphatic carbocycles. The Kier molecular flexibility index (Phi) is 3.01. The van der Waals surface area contributed by atoms with Gasteiger partial charge in [-0.2, -0.15) is 0 Å². The molecular weight excluding hydrogens is 196 g/mol. The lowest BCUT2D eigenvalue weighted by Crippen LogP contribution is -2.14. The highest BCUT2D eigenvalue weighted by Crippen LogP contribution is 2.13. The quantitative estimate of drug-likeness (QED) is 0.600. The van der Waals surface area contributed by atoms with Gasteiger partial charge < -0.3 is 5.73 Å². The normalized spacial score (nSPS) is 11.4. The SMILES string of the molecule is Cc1ccccc1C(N)=Nc1ccccc1. The Bertz CT molecular complexity index is 501. The molecule has 0 saturated carbocycles. The van der Waals surface area contributed by atoms with Crippen molar-refractivity contribution in [3.05, 3.63) is 65.7 Å². The van der Waals surface area contributed by atoms with E-state index in [1.807, 2.05) is 61.5 Å². The lowest BCUT2D eigenvalue weighted by molar-refractivity contribution is 1.39. The van der Waals surface area contributed by atoms with Crippen LogP contribution in [0.5, 0.6) is 0 Å². The standard InChI is InChI=1S/C14H14N2/c1-11-7-5-6-10-13(11)14(15)16-12-8-3-2-4-9-12/h2-10H,1H3,(H2,15,16). The van der Waals surface area contributed by atoms with Crippen LogP contribution in [-0.4, -0.2) is 5.84 Å². The van der Waals surface area contributed by atoms with Crippen molar-refractivity contribution < 1.29 is 0 Å². The largest absolute Gasteiger partial charge is 0.383 e. The van der Waals surface area contributed by atoms with Gasteiger partial charge in [0.05, 0.1) is 5.69 Å². The molecule has 2 aromatic carbocycles. The minimum absolute atomic E-state index is 0.560. The first-order chi connectivity index (χ1) is 7.77. The molecule has 0 spiro atoms. The predicted octanol–water partition coefficient (Wildman–Crippen LogP) is 3.03. The summed E-state index contributed by atoms with van der Waals surface area (Å²) in [6, 6.07) is 17.7. The van der Waals surface area contributed by atoms with Gasteiger partial charge in [-0.05, 0) is 24.6 Å². The summed E-state index contributed by atoms with van der Waals surface area (Å²) in [5.74, 6) is 0.560. The van der Waals surface area contributed by atoms with E-state index in [1.54, 1.807) is 0 Å². The molecular formula is C14H14N2. The second-order valence-corrected chi connectivity index (χ2v) is 3.65. The number of aryl methyl sites for hydroxylation is 1. The van der Waals surface area contributed by atoms with E-state index in [0.29, 0.717) is 5.84 Å². The molecule has 0 atom stereocenters. The topological polar surface area (TPSA) is 38.4 Å². The second-order valence-electron chi connectivity index (χ2n) is 3.65. The molecule has 2 nitrogen and oxygen atoms in total. The number of para-hydroxylation sites is 1. The van der Waals surface area contributed by atoms with Crippen LogP contribution >= 0.6 is 0 Å². The van der Waals surface area contributed by atoms with Crippen molar-refractivity contribution in [1.82, 2.24) is 0 Å². The average Bonchev–Trinajstić information content (AvgIpc) is 2.31. The third kappa shape index (κ3) is 2.28. The van der Waals surface area contributed by atoms with Crippen LogP contribution in [-0.2, 0) is 0 Å². The molecule has 0 amide bonds. The number of rotatable bonds is 2. The van der Waals surface area contributed by atoms with Crippen LogP contribution < -0.4 is 5.73 Å². The number of aliphatic imine (C=N–C) groups is 1. The number of nitrogens with zero attached hydrogens (tertiary/aromatic N) is 1. The first kappa shape index (κ1) is 10.4. The minimum atomic E-state index is 0.560. The highest BCUT2D eigenvalue weighted by atomic mass is 14.9. The van der Waals surface area contributed by atoms with Gasteiger partial charge in [0.1, 0.15) is 5.84 Å². The van der Waals surface area contributed by atoms with Crippen LogP contribution in [0, 0.1) is 6.92 Å². The third-order valence-electron chi connectivity index (χ3n) is 2.43. The van der Waals surface area contributed by atoms with Crippen LogP contribution in [0.3, 0.4) is 0 Å². The summed E-state index contributed by atoms with van der Waals surface area (Å²) < 4.78 is 0. The monoisotopic (exact) mass is 210 g/mol. The molecule has 0 aliphatic rings. The highest BCUT2D eigenvalue weighted by molar-refractivity contribution is 6.00. The van der Waals surface area contributed by atoms with E-state index < -0.39 is 0 Å². The zero-order chi connectivity index (χ0) is 11.4. The second kappa shape index (κ2) is 4.62. The maximum absolute atomic E-state index is 5.98. The molecule has 0 fully saturated rings. The number of amidine groups is 1. The Morgan fingerprint density at radius 2 is 1.56 bits per heavy atom. The number of nitrogens with two attached hydrogens (primary N) is 1. The molecule has 0 bridgehead atoms. The van der Waals surface area contributed by atoms with Gasteiger partial charge in [0, 0.05) is 5.56 Å². The maximum atomic E-state index is 5.98. The summed E-state index contributed by atoms with van der Waals surface area (Å²) in [5.41, 5.74) is 8.99. The number of hydrogen-bond acceptors (Lipinski definition) is 1. The summed E-state index contributed by atoms with van der Waals surface area (Å²) in [4.78, 5) is 4.38. The lowest BCUT2D eigenvalue weighted by atomic mass is 10.1. The summed E-state index contributed by atoms with van der Waals surface area (Å²) >= 11 is 0. The van der Waals surface area contributed by atoms with Gasteiger partial charge >= 0.3 is 0 Å². The fourth-order valence-corrected chi connectivity index (χ4v) is 1.56. The predicted molar refractivity (Wildman–Crippen MR) is 68.0 cm³/mol. The molecule has 16 heavy (non-hydrogen) atoms. The van der Waals surface area contributed by atoms with Crippen molar-refractivity contribution in [3.8, 4) is 0 Å². The van der Waals surface area contributed by atoms with Crippen LogP contribution in [0.4, 0.5) is 5.69 Å². The van der Waals surface area contributed by atoms with Gasteiger partial charge in [0.2, 0.25) is 0 Å². The Labute approximate surface area is 95.5 Å². The fourth-order valence-electron chi connectivity index (χ4n) is 1.56. The molecule has 80 valence electrons. The number of hydrogen-bond donors (Lipinski definition) is 1. The van der Waals surface area contributed by atoms with Crippen LogP contribution in [0.25, 0.3) is 0 Å². The van der Waals surface area contributed by atoms with Crippen LogP contribution in [0.1, 0.15) is 11.1 Å². The Morgan fingerprint density at radius 3 is 2.25 bits per heavy atom. The molecule has 0 aromatic heterocycles. The van der Waals surface area contributed by atoms with Gasteiger partial charge in [0.15, 0.2) is 0 Å². The molecule has 0 radical (unpaired) electrons. The first-order valence-electron chi connectivity index (χ1n) is 5.22. The smallest absolute Gasteiger partial charge is 0.131 e. The van der Waals surface area contributed by atoms with E-state index in [4.69, 9.17) is 5.73 Å². The van der Waals surface area contributed by atoms with Gasteiger partial charge in [-0.1, -0.05) is 42.5 Å². The Hall–Kier alpha value is -2.09. The first-order valence-corrected chi connectivity index (χ1v) is 5.22. The molecule has 2 rings (SSSR count). The summed E-state index contributed by atoms with van der Waals surface area (Å²) in [6.07, 6.45) is 0. The van der Waals surface area contributed by atoms with Crippen molar-refractivity contribution in [1.29, 1.82) is 0 Å². The molecule has 0 heterocycles. The Balaban J connectivity index is 2.36. The third-order valence-corrected chi connectivity index (χ3v) is 2.43.